The van der Waals surface area contributed by atoms with Crippen LogP contribution in [0, 0.1) is 6.92 Å². The number of aryl methyl sites for hydroxylation is 1. The first-order valence-electron chi connectivity index (χ1n) is 9.02. The molecule has 0 spiro atoms. The molecule has 0 atom stereocenters. The summed E-state index contributed by atoms with van der Waals surface area (Å²) in [7, 11) is -3.31. The molecule has 0 unspecified atom stereocenters. The zero-order valence-corrected chi connectivity index (χ0v) is 16.6. The number of hydrogen-bond acceptors (Lipinski definition) is 3. The van der Waals surface area contributed by atoms with Crippen LogP contribution in [-0.2, 0) is 27.7 Å². The average molecular weight is 367 g/mol. The molecule has 1 aliphatic carbocycles. The minimum atomic E-state index is -3.31. The molecule has 0 saturated carbocycles. The Kier molecular flexibility index (Phi) is 6.27. The number of unbranched alkanes of at least 4 members (excludes halogenated alkanes) is 1. The maximum absolute atomic E-state index is 12.1. The lowest BCUT2D eigenvalue weighted by Crippen LogP contribution is -2.39. The van der Waals surface area contributed by atoms with Gasteiger partial charge in [0, 0.05) is 18.7 Å². The van der Waals surface area contributed by atoms with E-state index in [-0.39, 0.29) is 5.91 Å². The van der Waals surface area contributed by atoms with Gasteiger partial charge in [0.2, 0.25) is 15.9 Å². The Morgan fingerprint density at radius 2 is 1.88 bits per heavy atom. The number of fused-ring (bicyclic) bond motifs is 1. The summed E-state index contributed by atoms with van der Waals surface area (Å²) in [6.07, 6.45) is 5.12. The lowest BCUT2D eigenvalue weighted by molar-refractivity contribution is -0.116. The molecule has 2 N–H and O–H groups in total. The molecule has 5 nitrogen and oxygen atoms in total. The molecule has 1 aliphatic rings. The van der Waals surface area contributed by atoms with Gasteiger partial charge in [-0.2, -0.15) is 0 Å². The molecule has 0 fully saturated rings. The third kappa shape index (κ3) is 5.05. The molecule has 6 heteroatoms. The first kappa shape index (κ1) is 19.9. The van der Waals surface area contributed by atoms with Gasteiger partial charge in [0.25, 0.3) is 0 Å². The largest absolute Gasteiger partial charge is 0.326 e. The Hall–Kier alpha value is -1.40. The number of hydrogen-bond donors (Lipinski definition) is 2. The molecule has 0 aliphatic heterocycles. The van der Waals surface area contributed by atoms with Crippen molar-refractivity contribution in [3.05, 3.63) is 28.8 Å². The van der Waals surface area contributed by atoms with Crippen molar-refractivity contribution in [3.63, 3.8) is 0 Å². The van der Waals surface area contributed by atoms with Crippen molar-refractivity contribution >= 4 is 21.6 Å². The molecular formula is C19H30N2O3S. The van der Waals surface area contributed by atoms with Crippen LogP contribution in [0.25, 0.3) is 0 Å². The predicted octanol–water partition coefficient (Wildman–Crippen LogP) is 3.31. The molecule has 0 radical (unpaired) electrons. The predicted molar refractivity (Wildman–Crippen MR) is 102 cm³/mol. The number of carbonyl (C=O) groups excluding carboxylic acids is 1. The van der Waals surface area contributed by atoms with Crippen LogP contribution in [0.3, 0.4) is 0 Å². The van der Waals surface area contributed by atoms with E-state index in [4.69, 9.17) is 0 Å². The fourth-order valence-electron chi connectivity index (χ4n) is 3.03. The number of anilines is 1. The van der Waals surface area contributed by atoms with E-state index in [0.29, 0.717) is 25.8 Å². The quantitative estimate of drug-likeness (QED) is 0.727. The van der Waals surface area contributed by atoms with Crippen LogP contribution in [0.4, 0.5) is 5.69 Å². The summed E-state index contributed by atoms with van der Waals surface area (Å²) in [5, 5.41) is 2.99. The minimum Gasteiger partial charge on any atom is -0.326 e. The number of amides is 1. The third-order valence-electron chi connectivity index (χ3n) is 4.77. The SMILES string of the molecule is Cc1c(NC(=O)CCCCNS(=O)(=O)C(C)(C)C)ccc2c1CCC2. The van der Waals surface area contributed by atoms with Gasteiger partial charge in [-0.3, -0.25) is 4.79 Å². The molecule has 0 aromatic heterocycles. The molecule has 0 saturated heterocycles. The van der Waals surface area contributed by atoms with Crippen molar-refractivity contribution in [2.24, 2.45) is 0 Å². The maximum Gasteiger partial charge on any atom is 0.224 e. The topological polar surface area (TPSA) is 75.3 Å². The smallest absolute Gasteiger partial charge is 0.224 e. The highest BCUT2D eigenvalue weighted by Gasteiger charge is 2.28. The Morgan fingerprint density at radius 3 is 2.56 bits per heavy atom. The van der Waals surface area contributed by atoms with Crippen molar-refractivity contribution in [1.29, 1.82) is 0 Å². The summed E-state index contributed by atoms with van der Waals surface area (Å²) in [5.41, 5.74) is 4.87. The van der Waals surface area contributed by atoms with Gasteiger partial charge in [-0.25, -0.2) is 13.1 Å². The van der Waals surface area contributed by atoms with Crippen LogP contribution in [-0.4, -0.2) is 25.6 Å². The zero-order chi connectivity index (χ0) is 18.7. The average Bonchev–Trinajstić information content (AvgIpc) is 2.98. The lowest BCUT2D eigenvalue weighted by atomic mass is 10.0. The Morgan fingerprint density at radius 1 is 1.16 bits per heavy atom. The van der Waals surface area contributed by atoms with Crippen LogP contribution >= 0.6 is 0 Å². The molecule has 0 heterocycles. The Bertz CT molecular complexity index is 734. The Labute approximate surface area is 151 Å². The second-order valence-electron chi connectivity index (χ2n) is 7.74. The standard InChI is InChI=1S/C19H30N2O3S/c1-14-16-9-7-8-15(16)11-12-17(14)21-18(22)10-5-6-13-20-25(23,24)19(2,3)4/h11-12,20H,5-10,13H2,1-4H3,(H,21,22). The minimum absolute atomic E-state index is 0.0141. The molecule has 140 valence electrons. The number of nitrogens with one attached hydrogen (secondary N) is 2. The molecule has 0 bridgehead atoms. The number of rotatable bonds is 7. The van der Waals surface area contributed by atoms with E-state index in [1.165, 1.54) is 23.1 Å². The van der Waals surface area contributed by atoms with Gasteiger partial charge in [0.15, 0.2) is 0 Å². The van der Waals surface area contributed by atoms with Crippen molar-refractivity contribution in [2.45, 2.75) is 71.0 Å². The lowest BCUT2D eigenvalue weighted by Gasteiger charge is -2.19. The maximum atomic E-state index is 12.1. The molecule has 1 aromatic carbocycles. The van der Waals surface area contributed by atoms with E-state index in [9.17, 15) is 13.2 Å². The first-order chi connectivity index (χ1) is 11.6. The van der Waals surface area contributed by atoms with Gasteiger partial charge in [0.1, 0.15) is 0 Å². The van der Waals surface area contributed by atoms with E-state index in [1.807, 2.05) is 6.07 Å². The molecule has 2 rings (SSSR count). The molecular weight excluding hydrogens is 336 g/mol. The Balaban J connectivity index is 1.75. The second kappa shape index (κ2) is 7.87. The van der Waals surface area contributed by atoms with Crippen molar-refractivity contribution in [3.8, 4) is 0 Å². The first-order valence-corrected chi connectivity index (χ1v) is 10.5. The van der Waals surface area contributed by atoms with Crippen LogP contribution < -0.4 is 10.0 Å². The summed E-state index contributed by atoms with van der Waals surface area (Å²) in [6.45, 7) is 7.44. The third-order valence-corrected chi connectivity index (χ3v) is 6.97. The van der Waals surface area contributed by atoms with E-state index in [2.05, 4.69) is 23.0 Å². The van der Waals surface area contributed by atoms with E-state index in [0.717, 1.165) is 18.5 Å². The number of carbonyl (C=O) groups is 1. The van der Waals surface area contributed by atoms with Gasteiger partial charge >= 0.3 is 0 Å². The monoisotopic (exact) mass is 366 g/mol. The van der Waals surface area contributed by atoms with Crippen LogP contribution in [0.1, 0.15) is 63.1 Å². The van der Waals surface area contributed by atoms with Crippen molar-refractivity contribution in [2.75, 3.05) is 11.9 Å². The van der Waals surface area contributed by atoms with Gasteiger partial charge in [0.05, 0.1) is 4.75 Å². The second-order valence-corrected chi connectivity index (χ2v) is 10.3. The fourth-order valence-corrected chi connectivity index (χ4v) is 3.88. The van der Waals surface area contributed by atoms with Crippen LogP contribution in [0.15, 0.2) is 12.1 Å². The van der Waals surface area contributed by atoms with Crippen molar-refractivity contribution < 1.29 is 13.2 Å². The van der Waals surface area contributed by atoms with E-state index < -0.39 is 14.8 Å². The van der Waals surface area contributed by atoms with Gasteiger partial charge in [-0.05, 0) is 82.6 Å². The summed E-state index contributed by atoms with van der Waals surface area (Å²) in [6, 6.07) is 4.11. The molecule has 1 aromatic rings. The summed E-state index contributed by atoms with van der Waals surface area (Å²) in [4.78, 5) is 12.1. The van der Waals surface area contributed by atoms with Gasteiger partial charge in [-0.15, -0.1) is 0 Å². The zero-order valence-electron chi connectivity index (χ0n) is 15.7. The van der Waals surface area contributed by atoms with Crippen LogP contribution in [0.5, 0.6) is 0 Å². The summed E-state index contributed by atoms with van der Waals surface area (Å²) >= 11 is 0. The fraction of sp³-hybridized carbons (Fsp3) is 0.632. The van der Waals surface area contributed by atoms with E-state index >= 15 is 0 Å². The van der Waals surface area contributed by atoms with Crippen LogP contribution in [0.2, 0.25) is 0 Å². The highest BCUT2D eigenvalue weighted by molar-refractivity contribution is 7.90. The molecule has 25 heavy (non-hydrogen) atoms. The number of sulfonamides is 1. The molecule has 1 amide bonds. The van der Waals surface area contributed by atoms with Gasteiger partial charge < -0.3 is 5.32 Å². The summed E-state index contributed by atoms with van der Waals surface area (Å²) in [5.74, 6) is -0.0141. The normalized spacial score (nSPS) is 14.4. The highest BCUT2D eigenvalue weighted by atomic mass is 32.2. The van der Waals surface area contributed by atoms with Gasteiger partial charge in [-0.1, -0.05) is 6.07 Å². The highest BCUT2D eigenvalue weighted by Crippen LogP contribution is 2.30. The van der Waals surface area contributed by atoms with E-state index in [1.54, 1.807) is 20.8 Å². The summed E-state index contributed by atoms with van der Waals surface area (Å²) < 4.78 is 25.7. The van der Waals surface area contributed by atoms with Crippen molar-refractivity contribution in [1.82, 2.24) is 4.72 Å². The number of benzene rings is 1.